The number of carbonyl (C=O) groups is 1. The van der Waals surface area contributed by atoms with Gasteiger partial charge in [-0.2, -0.15) is 5.26 Å². The number of ether oxygens (including phenoxy) is 1. The molecule has 0 aromatic heterocycles. The molecule has 0 atom stereocenters. The van der Waals surface area contributed by atoms with E-state index in [-0.39, 0.29) is 5.57 Å². The summed E-state index contributed by atoms with van der Waals surface area (Å²) in [7, 11) is 0. The van der Waals surface area contributed by atoms with Crippen LogP contribution in [0.15, 0.2) is 66.2 Å². The average molecular weight is 584 g/mol. The Kier molecular flexibility index (Phi) is 8.22. The molecule has 0 saturated heterocycles. The molecule has 0 aliphatic carbocycles. The number of hydrogen-bond acceptors (Lipinski definition) is 3. The molecule has 0 heterocycles. The fourth-order valence-electron chi connectivity index (χ4n) is 2.59. The molecule has 0 bridgehead atoms. The van der Waals surface area contributed by atoms with Gasteiger partial charge in [0.15, 0.2) is 0 Å². The van der Waals surface area contributed by atoms with Crippen LogP contribution >= 0.6 is 57.4 Å². The molecule has 0 saturated carbocycles. The lowest BCUT2D eigenvalue weighted by molar-refractivity contribution is -0.112. The van der Waals surface area contributed by atoms with Crippen molar-refractivity contribution in [2.45, 2.75) is 6.61 Å². The Balaban J connectivity index is 1.71. The molecule has 0 unspecified atom stereocenters. The Bertz CT molecular complexity index is 1210. The second kappa shape index (κ2) is 10.9. The molecule has 0 aliphatic rings. The summed E-state index contributed by atoms with van der Waals surface area (Å²) in [6, 6.07) is 19.4. The molecule has 1 amide bonds. The number of nitrogens with one attached hydrogen (secondary N) is 1. The van der Waals surface area contributed by atoms with Crippen molar-refractivity contribution in [3.63, 3.8) is 0 Å². The minimum absolute atomic E-state index is 0.0275. The zero-order valence-electron chi connectivity index (χ0n) is 15.8. The quantitative estimate of drug-likeness (QED) is 0.187. The van der Waals surface area contributed by atoms with Gasteiger partial charge in [0, 0.05) is 10.7 Å². The maximum Gasteiger partial charge on any atom is 0.266 e. The number of nitriles is 1. The Morgan fingerprint density at radius 3 is 2.55 bits per heavy atom. The van der Waals surface area contributed by atoms with E-state index in [1.54, 1.807) is 48.5 Å². The fourth-order valence-corrected chi connectivity index (χ4v) is 3.80. The van der Waals surface area contributed by atoms with Crippen molar-refractivity contribution in [1.29, 1.82) is 5.26 Å². The number of halogens is 4. The molecule has 1 N–H and O–H groups in total. The van der Waals surface area contributed by atoms with E-state index in [0.717, 1.165) is 9.13 Å². The van der Waals surface area contributed by atoms with Crippen molar-refractivity contribution in [2.75, 3.05) is 5.32 Å². The smallest absolute Gasteiger partial charge is 0.266 e. The Hall–Kier alpha value is -2.24. The molecule has 0 radical (unpaired) electrons. The highest BCUT2D eigenvalue weighted by atomic mass is 127. The summed E-state index contributed by atoms with van der Waals surface area (Å²) in [6.07, 6.45) is 1.52. The molecule has 8 heteroatoms. The van der Waals surface area contributed by atoms with E-state index in [4.69, 9.17) is 39.5 Å². The predicted molar refractivity (Wildman–Crippen MR) is 134 cm³/mol. The van der Waals surface area contributed by atoms with Gasteiger partial charge in [0.2, 0.25) is 0 Å². The highest BCUT2D eigenvalue weighted by Gasteiger charge is 2.11. The van der Waals surface area contributed by atoms with Crippen LogP contribution in [0.5, 0.6) is 5.75 Å². The van der Waals surface area contributed by atoms with E-state index in [0.29, 0.717) is 38.7 Å². The fraction of sp³-hybridized carbons (Fsp3) is 0.0435. The van der Waals surface area contributed by atoms with E-state index >= 15 is 0 Å². The Labute approximate surface area is 208 Å². The number of amides is 1. The zero-order chi connectivity index (χ0) is 22.4. The second-order valence-electron chi connectivity index (χ2n) is 6.36. The lowest BCUT2D eigenvalue weighted by Gasteiger charge is -2.10. The van der Waals surface area contributed by atoms with E-state index < -0.39 is 5.91 Å². The van der Waals surface area contributed by atoms with Gasteiger partial charge in [0.1, 0.15) is 24.0 Å². The topological polar surface area (TPSA) is 62.1 Å². The van der Waals surface area contributed by atoms with Crippen LogP contribution in [0.1, 0.15) is 11.1 Å². The zero-order valence-corrected chi connectivity index (χ0v) is 20.3. The van der Waals surface area contributed by atoms with Crippen LogP contribution in [-0.4, -0.2) is 5.91 Å². The van der Waals surface area contributed by atoms with Gasteiger partial charge >= 0.3 is 0 Å². The summed E-state index contributed by atoms with van der Waals surface area (Å²) in [5, 5.41) is 13.5. The summed E-state index contributed by atoms with van der Waals surface area (Å²) in [6.45, 7) is 0.327. The molecule has 3 aromatic rings. The van der Waals surface area contributed by atoms with Crippen molar-refractivity contribution in [2.24, 2.45) is 0 Å². The number of carbonyl (C=O) groups excluding carboxylic acids is 1. The number of anilines is 1. The molecule has 0 fully saturated rings. The van der Waals surface area contributed by atoms with Crippen LogP contribution < -0.4 is 10.1 Å². The Morgan fingerprint density at radius 1 is 1.06 bits per heavy atom. The first-order valence-electron chi connectivity index (χ1n) is 8.90. The SMILES string of the molecule is N#C/C(=C\c1ccc(OCc2ccc(Cl)c(Cl)c2)c(I)c1)C(=O)Nc1cccc(Cl)c1. The third-order valence-electron chi connectivity index (χ3n) is 4.09. The van der Waals surface area contributed by atoms with Gasteiger partial charge in [-0.1, -0.05) is 53.0 Å². The summed E-state index contributed by atoms with van der Waals surface area (Å²) in [4.78, 5) is 12.4. The third kappa shape index (κ3) is 6.62. The van der Waals surface area contributed by atoms with Gasteiger partial charge in [-0.25, -0.2) is 0 Å². The summed E-state index contributed by atoms with van der Waals surface area (Å²) in [5.74, 6) is 0.158. The number of hydrogen-bond donors (Lipinski definition) is 1. The molecule has 31 heavy (non-hydrogen) atoms. The molecular formula is C23H14Cl3IN2O2. The van der Waals surface area contributed by atoms with Crippen molar-refractivity contribution < 1.29 is 9.53 Å². The minimum atomic E-state index is -0.514. The van der Waals surface area contributed by atoms with E-state index in [2.05, 4.69) is 27.9 Å². The van der Waals surface area contributed by atoms with Crippen LogP contribution in [0.3, 0.4) is 0 Å². The highest BCUT2D eigenvalue weighted by Crippen LogP contribution is 2.26. The van der Waals surface area contributed by atoms with Gasteiger partial charge in [-0.15, -0.1) is 0 Å². The van der Waals surface area contributed by atoms with Crippen LogP contribution in [-0.2, 0) is 11.4 Å². The van der Waals surface area contributed by atoms with Crippen molar-refractivity contribution in [3.05, 3.63) is 96.0 Å². The molecule has 4 nitrogen and oxygen atoms in total. The maximum atomic E-state index is 12.4. The van der Waals surface area contributed by atoms with Crippen LogP contribution in [0.2, 0.25) is 15.1 Å². The van der Waals surface area contributed by atoms with Gasteiger partial charge in [0.05, 0.1) is 13.6 Å². The van der Waals surface area contributed by atoms with E-state index in [9.17, 15) is 10.1 Å². The molecular weight excluding hydrogens is 570 g/mol. The largest absolute Gasteiger partial charge is 0.488 e. The van der Waals surface area contributed by atoms with E-state index in [1.807, 2.05) is 18.2 Å². The Morgan fingerprint density at radius 2 is 1.87 bits per heavy atom. The minimum Gasteiger partial charge on any atom is -0.488 e. The standard InChI is InChI=1S/C23H14Cl3IN2O2/c24-17-2-1-3-18(11-17)29-23(30)16(12-28)8-14-5-7-22(21(27)10-14)31-13-15-4-6-19(25)20(26)9-15/h1-11H,13H2,(H,29,30)/b16-8+. The molecule has 0 spiro atoms. The predicted octanol–water partition coefficient (Wildman–Crippen LogP) is 7.38. The normalized spacial score (nSPS) is 11.0. The van der Waals surface area contributed by atoms with Crippen LogP contribution in [0, 0.1) is 14.9 Å². The summed E-state index contributed by atoms with van der Waals surface area (Å²) >= 11 is 20.0. The average Bonchev–Trinajstić information content (AvgIpc) is 2.73. The van der Waals surface area contributed by atoms with Gasteiger partial charge in [-0.05, 0) is 82.3 Å². The maximum absolute atomic E-state index is 12.4. The number of nitrogens with zero attached hydrogens (tertiary/aromatic N) is 1. The van der Waals surface area contributed by atoms with Crippen molar-refractivity contribution in [1.82, 2.24) is 0 Å². The van der Waals surface area contributed by atoms with Crippen molar-refractivity contribution >= 4 is 75.1 Å². The first kappa shape index (κ1) is 23.4. The number of benzene rings is 3. The molecule has 3 rings (SSSR count). The first-order chi connectivity index (χ1) is 14.9. The summed E-state index contributed by atoms with van der Waals surface area (Å²) < 4.78 is 6.69. The number of rotatable bonds is 6. The summed E-state index contributed by atoms with van der Waals surface area (Å²) in [5.41, 5.74) is 2.07. The molecule has 156 valence electrons. The van der Waals surface area contributed by atoms with Gasteiger partial charge in [-0.3, -0.25) is 4.79 Å². The highest BCUT2D eigenvalue weighted by molar-refractivity contribution is 14.1. The molecule has 0 aliphatic heterocycles. The van der Waals surface area contributed by atoms with Crippen LogP contribution in [0.4, 0.5) is 5.69 Å². The first-order valence-corrected chi connectivity index (χ1v) is 11.1. The van der Waals surface area contributed by atoms with Crippen LogP contribution in [0.25, 0.3) is 6.08 Å². The molecule has 3 aromatic carbocycles. The van der Waals surface area contributed by atoms with Crippen molar-refractivity contribution in [3.8, 4) is 11.8 Å². The van der Waals surface area contributed by atoms with E-state index in [1.165, 1.54) is 6.08 Å². The lowest BCUT2D eigenvalue weighted by atomic mass is 10.1. The van der Waals surface area contributed by atoms with Gasteiger partial charge < -0.3 is 10.1 Å². The monoisotopic (exact) mass is 582 g/mol. The lowest BCUT2D eigenvalue weighted by Crippen LogP contribution is -2.13. The second-order valence-corrected chi connectivity index (χ2v) is 8.77. The van der Waals surface area contributed by atoms with Gasteiger partial charge in [0.25, 0.3) is 5.91 Å². The third-order valence-corrected chi connectivity index (χ3v) is 5.91.